The number of aliphatic hydroxyl groups excluding tert-OH is 1. The molecule has 0 radical (unpaired) electrons. The van der Waals surface area contributed by atoms with Crippen LogP contribution in [-0.2, 0) is 28.6 Å². The summed E-state index contributed by atoms with van der Waals surface area (Å²) in [6, 6.07) is 0. The van der Waals surface area contributed by atoms with Crippen molar-refractivity contribution in [2.24, 2.45) is 23.7 Å². The lowest BCUT2D eigenvalue weighted by Crippen LogP contribution is -2.42. The highest BCUT2D eigenvalue weighted by Gasteiger charge is 2.41. The normalized spacial score (nSPS) is 27.3. The number of carbonyl (C=O) groups is 3. The van der Waals surface area contributed by atoms with E-state index in [0.717, 1.165) is 24.8 Å². The number of hydrogen-bond acceptors (Lipinski definition) is 7. The van der Waals surface area contributed by atoms with Crippen LogP contribution in [0.25, 0.3) is 0 Å². The second kappa shape index (κ2) is 11.3. The van der Waals surface area contributed by atoms with Crippen molar-refractivity contribution >= 4 is 17.9 Å². The molecular formula is C23H34O7. The van der Waals surface area contributed by atoms with Gasteiger partial charge in [-0.15, -0.1) is 0 Å². The molecule has 0 heterocycles. The second-order valence-corrected chi connectivity index (χ2v) is 8.30. The van der Waals surface area contributed by atoms with Crippen molar-refractivity contribution in [2.75, 3.05) is 13.7 Å². The Hall–Kier alpha value is -2.15. The fraction of sp³-hybridized carbons (Fsp3) is 0.696. The van der Waals surface area contributed by atoms with Crippen LogP contribution < -0.4 is 0 Å². The van der Waals surface area contributed by atoms with Crippen molar-refractivity contribution in [3.05, 3.63) is 23.8 Å². The molecule has 0 spiro atoms. The molecule has 0 fully saturated rings. The van der Waals surface area contributed by atoms with E-state index < -0.39 is 18.0 Å². The van der Waals surface area contributed by atoms with E-state index in [1.807, 2.05) is 13.8 Å². The number of methoxy groups -OCH3 is 1. The summed E-state index contributed by atoms with van der Waals surface area (Å²) in [4.78, 5) is 35.8. The van der Waals surface area contributed by atoms with Gasteiger partial charge in [0.05, 0.1) is 38.6 Å². The maximum atomic E-state index is 12.4. The summed E-state index contributed by atoms with van der Waals surface area (Å²) in [6.07, 6.45) is 6.75. The number of aliphatic hydroxyl groups is 1. The van der Waals surface area contributed by atoms with Gasteiger partial charge in [0, 0.05) is 11.8 Å². The first-order valence-corrected chi connectivity index (χ1v) is 10.8. The molecule has 1 N–H and O–H groups in total. The van der Waals surface area contributed by atoms with Crippen LogP contribution in [0.4, 0.5) is 0 Å². The maximum Gasteiger partial charge on any atom is 0.308 e. The molecule has 2 aliphatic carbocycles. The maximum absolute atomic E-state index is 12.4. The summed E-state index contributed by atoms with van der Waals surface area (Å²) in [5, 5.41) is 9.83. The molecule has 0 aliphatic heterocycles. The molecular weight excluding hydrogens is 388 g/mol. The third-order valence-electron chi connectivity index (χ3n) is 6.10. The minimum atomic E-state index is -1.14. The SMILES string of the molecule is CCC(C)C(=O)O[C@H]1CCC=C2C=C[C@H](C)[C@H](COC(=O)CC(O)CC(=O)OC)[C@H]21. The molecule has 30 heavy (non-hydrogen) atoms. The van der Waals surface area contributed by atoms with E-state index in [9.17, 15) is 19.5 Å². The fourth-order valence-corrected chi connectivity index (χ4v) is 3.99. The van der Waals surface area contributed by atoms with Gasteiger partial charge in [0.25, 0.3) is 0 Å². The summed E-state index contributed by atoms with van der Waals surface area (Å²) < 4.78 is 15.8. The molecule has 7 nitrogen and oxygen atoms in total. The van der Waals surface area contributed by atoms with Gasteiger partial charge in [-0.1, -0.05) is 39.0 Å². The first kappa shape index (κ1) is 24.1. The van der Waals surface area contributed by atoms with E-state index in [1.54, 1.807) is 0 Å². The zero-order valence-electron chi connectivity index (χ0n) is 18.3. The molecule has 168 valence electrons. The van der Waals surface area contributed by atoms with Gasteiger partial charge in [0.15, 0.2) is 0 Å². The number of rotatable bonds is 9. The first-order valence-electron chi connectivity index (χ1n) is 10.8. The molecule has 0 amide bonds. The average Bonchev–Trinajstić information content (AvgIpc) is 2.72. The largest absolute Gasteiger partial charge is 0.469 e. The Bertz CT molecular complexity index is 681. The van der Waals surface area contributed by atoms with Crippen LogP contribution in [0.3, 0.4) is 0 Å². The molecule has 2 aliphatic rings. The van der Waals surface area contributed by atoms with Gasteiger partial charge < -0.3 is 19.3 Å². The van der Waals surface area contributed by atoms with E-state index in [-0.39, 0.29) is 55.2 Å². The molecule has 0 aromatic rings. The van der Waals surface area contributed by atoms with E-state index in [0.29, 0.717) is 0 Å². The number of carbonyl (C=O) groups excluding carboxylic acids is 3. The fourth-order valence-electron chi connectivity index (χ4n) is 3.99. The number of allylic oxidation sites excluding steroid dienone is 3. The Morgan fingerprint density at radius 2 is 1.93 bits per heavy atom. The van der Waals surface area contributed by atoms with Crippen molar-refractivity contribution < 1.29 is 33.7 Å². The molecule has 0 bridgehead atoms. The number of hydrogen-bond donors (Lipinski definition) is 1. The standard InChI is InChI=1S/C23H34O7/c1-5-14(2)23(27)30-19-8-6-7-16-10-9-15(3)18(22(16)19)13-29-21(26)12-17(24)11-20(25)28-4/h7,9-10,14-15,17-19,22,24H,5-6,8,11-13H2,1-4H3/t14?,15-,17?,18-,19-,22-/m0/s1. The summed E-state index contributed by atoms with van der Waals surface area (Å²) in [5.74, 6) is -1.40. The van der Waals surface area contributed by atoms with Crippen LogP contribution in [-0.4, -0.2) is 48.9 Å². The van der Waals surface area contributed by atoms with Gasteiger partial charge in [0.1, 0.15) is 6.10 Å². The van der Waals surface area contributed by atoms with Gasteiger partial charge in [-0.3, -0.25) is 14.4 Å². The number of esters is 3. The van der Waals surface area contributed by atoms with Crippen LogP contribution in [0.2, 0.25) is 0 Å². The van der Waals surface area contributed by atoms with Crippen molar-refractivity contribution in [1.82, 2.24) is 0 Å². The summed E-state index contributed by atoms with van der Waals surface area (Å²) in [5.41, 5.74) is 1.12. The van der Waals surface area contributed by atoms with Gasteiger partial charge >= 0.3 is 17.9 Å². The lowest BCUT2D eigenvalue weighted by atomic mass is 9.68. The lowest BCUT2D eigenvalue weighted by Gasteiger charge is -2.41. The molecule has 2 rings (SSSR count). The summed E-state index contributed by atoms with van der Waals surface area (Å²) in [7, 11) is 1.23. The zero-order valence-corrected chi connectivity index (χ0v) is 18.3. The van der Waals surface area contributed by atoms with Crippen molar-refractivity contribution in [3.8, 4) is 0 Å². The van der Waals surface area contributed by atoms with Crippen molar-refractivity contribution in [1.29, 1.82) is 0 Å². The Labute approximate surface area is 178 Å². The van der Waals surface area contributed by atoms with Gasteiger partial charge in [-0.05, 0) is 30.8 Å². The quantitative estimate of drug-likeness (QED) is 0.450. The monoisotopic (exact) mass is 422 g/mol. The molecule has 6 atom stereocenters. The van der Waals surface area contributed by atoms with Gasteiger partial charge in [0.2, 0.25) is 0 Å². The number of ether oxygens (including phenoxy) is 3. The molecule has 0 saturated carbocycles. The third-order valence-corrected chi connectivity index (χ3v) is 6.10. The summed E-state index contributed by atoms with van der Waals surface area (Å²) in [6.45, 7) is 6.04. The minimum Gasteiger partial charge on any atom is -0.469 e. The van der Waals surface area contributed by atoms with Gasteiger partial charge in [-0.2, -0.15) is 0 Å². The Morgan fingerprint density at radius 3 is 2.60 bits per heavy atom. The number of fused-ring (bicyclic) bond motifs is 1. The molecule has 0 saturated heterocycles. The minimum absolute atomic E-state index is 0.0282. The zero-order chi connectivity index (χ0) is 22.3. The van der Waals surface area contributed by atoms with Crippen LogP contribution in [0.1, 0.15) is 52.9 Å². The second-order valence-electron chi connectivity index (χ2n) is 8.30. The molecule has 0 aromatic heterocycles. The molecule has 2 unspecified atom stereocenters. The highest BCUT2D eigenvalue weighted by atomic mass is 16.5. The van der Waals surface area contributed by atoms with Crippen LogP contribution in [0.15, 0.2) is 23.8 Å². The van der Waals surface area contributed by atoms with Crippen LogP contribution in [0, 0.1) is 23.7 Å². The predicted molar refractivity (Wildman–Crippen MR) is 110 cm³/mol. The lowest BCUT2D eigenvalue weighted by molar-refractivity contribution is -0.160. The van der Waals surface area contributed by atoms with Crippen LogP contribution in [0.5, 0.6) is 0 Å². The van der Waals surface area contributed by atoms with Gasteiger partial charge in [-0.25, -0.2) is 0 Å². The van der Waals surface area contributed by atoms with E-state index in [1.165, 1.54) is 7.11 Å². The summed E-state index contributed by atoms with van der Waals surface area (Å²) >= 11 is 0. The smallest absolute Gasteiger partial charge is 0.308 e. The highest BCUT2D eigenvalue weighted by molar-refractivity contribution is 5.73. The van der Waals surface area contributed by atoms with Crippen molar-refractivity contribution in [2.45, 2.75) is 65.1 Å². The van der Waals surface area contributed by atoms with Crippen LogP contribution >= 0.6 is 0 Å². The predicted octanol–water partition coefficient (Wildman–Crippen LogP) is 2.96. The Kier molecular flexibility index (Phi) is 9.08. The topological polar surface area (TPSA) is 99.1 Å². The third kappa shape index (κ3) is 6.42. The first-order chi connectivity index (χ1) is 14.3. The highest BCUT2D eigenvalue weighted by Crippen LogP contribution is 2.41. The van der Waals surface area contributed by atoms with Crippen molar-refractivity contribution in [3.63, 3.8) is 0 Å². The molecule has 0 aromatic carbocycles. The van der Waals surface area contributed by atoms with E-state index >= 15 is 0 Å². The average molecular weight is 423 g/mol. The Morgan fingerprint density at radius 1 is 1.23 bits per heavy atom. The van der Waals surface area contributed by atoms with E-state index in [2.05, 4.69) is 29.9 Å². The van der Waals surface area contributed by atoms with E-state index in [4.69, 9.17) is 9.47 Å². The molecule has 7 heteroatoms. The Balaban J connectivity index is 2.02.